The summed E-state index contributed by atoms with van der Waals surface area (Å²) in [6.07, 6.45) is 9.41. The van der Waals surface area contributed by atoms with Gasteiger partial charge in [-0.2, -0.15) is 0 Å². The van der Waals surface area contributed by atoms with Crippen LogP contribution in [0, 0.1) is 23.7 Å². The van der Waals surface area contributed by atoms with E-state index in [-0.39, 0.29) is 5.92 Å². The van der Waals surface area contributed by atoms with E-state index < -0.39 is 11.2 Å². The average molecular weight is 374 g/mol. The Morgan fingerprint density at radius 2 is 1.92 bits per heavy atom. The molecule has 4 heteroatoms. The van der Waals surface area contributed by atoms with Crippen molar-refractivity contribution in [3.8, 4) is 11.8 Å². The second kappa shape index (κ2) is 7.64. The number of piperidine rings is 3. The molecule has 2 atom stereocenters. The van der Waals surface area contributed by atoms with Crippen molar-refractivity contribution in [3.05, 3.63) is 22.4 Å². The molecule has 0 aromatic carbocycles. The van der Waals surface area contributed by atoms with E-state index in [2.05, 4.69) is 28.2 Å². The molecule has 4 fully saturated rings. The second-order valence-corrected chi connectivity index (χ2v) is 9.27. The van der Waals surface area contributed by atoms with Crippen LogP contribution in [-0.4, -0.2) is 42.4 Å². The average Bonchev–Trinajstić information content (AvgIpc) is 3.10. The third-order valence-corrected chi connectivity index (χ3v) is 7.87. The van der Waals surface area contributed by atoms with E-state index in [9.17, 15) is 5.11 Å². The first-order valence-electron chi connectivity index (χ1n) is 10.2. The molecular weight excluding hydrogens is 342 g/mol. The highest BCUT2D eigenvalue weighted by Crippen LogP contribution is 2.42. The van der Waals surface area contributed by atoms with Gasteiger partial charge in [0, 0.05) is 30.4 Å². The second-order valence-electron chi connectivity index (χ2n) is 8.33. The Morgan fingerprint density at radius 1 is 1.19 bits per heavy atom. The molecular formula is C22H31NO2S. The fourth-order valence-electron chi connectivity index (χ4n) is 5.20. The minimum Gasteiger partial charge on any atom is -0.372 e. The van der Waals surface area contributed by atoms with Crippen molar-refractivity contribution < 1.29 is 9.84 Å². The first-order valence-corrected chi connectivity index (χ1v) is 11.1. The molecule has 1 aromatic rings. The summed E-state index contributed by atoms with van der Waals surface area (Å²) in [5.41, 5.74) is -1.44. The SMILES string of the molecule is CO[C@]1(C#CC(O)(c2cccs2)C2CCCCCC2)CN2CCC1CC2. The van der Waals surface area contributed by atoms with Crippen LogP contribution >= 0.6 is 11.3 Å². The van der Waals surface area contributed by atoms with Crippen LogP contribution in [0.25, 0.3) is 0 Å². The van der Waals surface area contributed by atoms with Gasteiger partial charge in [-0.25, -0.2) is 0 Å². The van der Waals surface area contributed by atoms with Crippen molar-refractivity contribution in [2.75, 3.05) is 26.7 Å². The number of nitrogens with zero attached hydrogens (tertiary/aromatic N) is 1. The van der Waals surface area contributed by atoms with Crippen molar-refractivity contribution >= 4 is 11.3 Å². The summed E-state index contributed by atoms with van der Waals surface area (Å²) in [5.74, 6) is 7.63. The molecule has 1 unspecified atom stereocenters. The molecule has 5 rings (SSSR count). The molecule has 1 N–H and O–H groups in total. The number of thiophene rings is 1. The minimum atomic E-state index is -1.03. The molecule has 2 bridgehead atoms. The molecule has 1 aliphatic carbocycles. The van der Waals surface area contributed by atoms with E-state index in [1.165, 1.54) is 25.7 Å². The smallest absolute Gasteiger partial charge is 0.162 e. The van der Waals surface area contributed by atoms with Crippen LogP contribution in [0.4, 0.5) is 0 Å². The summed E-state index contributed by atoms with van der Waals surface area (Å²) in [7, 11) is 1.80. The van der Waals surface area contributed by atoms with Gasteiger partial charge in [0.15, 0.2) is 5.60 Å². The van der Waals surface area contributed by atoms with Crippen molar-refractivity contribution in [1.82, 2.24) is 4.90 Å². The highest BCUT2D eigenvalue weighted by molar-refractivity contribution is 7.10. The van der Waals surface area contributed by atoms with Crippen LogP contribution in [0.1, 0.15) is 56.2 Å². The minimum absolute atomic E-state index is 0.228. The van der Waals surface area contributed by atoms with Gasteiger partial charge >= 0.3 is 0 Å². The molecule has 0 radical (unpaired) electrons. The Bertz CT molecular complexity index is 647. The zero-order valence-electron chi connectivity index (χ0n) is 15.9. The molecule has 1 aromatic heterocycles. The number of methoxy groups -OCH3 is 1. The molecule has 4 aliphatic rings. The highest BCUT2D eigenvalue weighted by Gasteiger charge is 2.47. The zero-order chi connectivity index (χ0) is 18.0. The third kappa shape index (κ3) is 3.36. The zero-order valence-corrected chi connectivity index (χ0v) is 16.7. The van der Waals surface area contributed by atoms with Gasteiger partial charge in [-0.15, -0.1) is 11.3 Å². The van der Waals surface area contributed by atoms with Gasteiger partial charge in [0.25, 0.3) is 0 Å². The normalized spacial score (nSPS) is 34.5. The van der Waals surface area contributed by atoms with Crippen LogP contribution in [0.3, 0.4) is 0 Å². The maximum atomic E-state index is 11.8. The maximum absolute atomic E-state index is 11.8. The number of aliphatic hydroxyl groups is 1. The Morgan fingerprint density at radius 3 is 2.46 bits per heavy atom. The predicted molar refractivity (Wildman–Crippen MR) is 106 cm³/mol. The summed E-state index contributed by atoms with van der Waals surface area (Å²) in [6.45, 7) is 3.21. The largest absolute Gasteiger partial charge is 0.372 e. The highest BCUT2D eigenvalue weighted by atomic mass is 32.1. The van der Waals surface area contributed by atoms with Crippen molar-refractivity contribution in [2.45, 2.75) is 62.6 Å². The first kappa shape index (κ1) is 18.5. The summed E-state index contributed by atoms with van der Waals surface area (Å²) < 4.78 is 6.01. The fourth-order valence-corrected chi connectivity index (χ4v) is 6.06. The monoisotopic (exact) mass is 373 g/mol. The van der Waals surface area contributed by atoms with Crippen molar-refractivity contribution in [2.24, 2.45) is 11.8 Å². The Hall–Kier alpha value is -0.860. The Balaban J connectivity index is 1.68. The van der Waals surface area contributed by atoms with Gasteiger partial charge in [0.1, 0.15) is 5.60 Å². The third-order valence-electron chi connectivity index (χ3n) is 6.88. The van der Waals surface area contributed by atoms with E-state index in [0.29, 0.717) is 5.92 Å². The maximum Gasteiger partial charge on any atom is 0.162 e. The molecule has 142 valence electrons. The first-order chi connectivity index (χ1) is 12.7. The summed E-state index contributed by atoms with van der Waals surface area (Å²) >= 11 is 1.64. The topological polar surface area (TPSA) is 32.7 Å². The number of hydrogen-bond acceptors (Lipinski definition) is 4. The molecule has 0 amide bonds. The van der Waals surface area contributed by atoms with Gasteiger partial charge in [-0.3, -0.25) is 4.90 Å². The number of fused-ring (bicyclic) bond motifs is 3. The van der Waals surface area contributed by atoms with E-state index in [1.54, 1.807) is 18.4 Å². The van der Waals surface area contributed by atoms with Gasteiger partial charge in [-0.1, -0.05) is 43.6 Å². The summed E-state index contributed by atoms with van der Waals surface area (Å²) in [6, 6.07) is 4.09. The summed E-state index contributed by atoms with van der Waals surface area (Å²) in [5, 5.41) is 13.9. The fraction of sp³-hybridized carbons (Fsp3) is 0.727. The molecule has 3 saturated heterocycles. The lowest BCUT2D eigenvalue weighted by Crippen LogP contribution is -2.59. The van der Waals surface area contributed by atoms with Crippen molar-refractivity contribution in [1.29, 1.82) is 0 Å². The van der Waals surface area contributed by atoms with Crippen LogP contribution in [0.5, 0.6) is 0 Å². The van der Waals surface area contributed by atoms with Crippen LogP contribution in [0.15, 0.2) is 17.5 Å². The predicted octanol–water partition coefficient (Wildman–Crippen LogP) is 4.02. The van der Waals surface area contributed by atoms with Crippen LogP contribution in [-0.2, 0) is 10.3 Å². The molecule has 1 saturated carbocycles. The van der Waals surface area contributed by atoms with Gasteiger partial charge in [0.2, 0.25) is 0 Å². The number of ether oxygens (including phenoxy) is 1. The number of rotatable bonds is 3. The van der Waals surface area contributed by atoms with Gasteiger partial charge in [0.05, 0.1) is 0 Å². The Kier molecular flexibility index (Phi) is 5.43. The lowest BCUT2D eigenvalue weighted by Gasteiger charge is -2.50. The quantitative estimate of drug-likeness (QED) is 0.642. The lowest BCUT2D eigenvalue weighted by molar-refractivity contribution is -0.0967. The Labute approximate surface area is 161 Å². The lowest BCUT2D eigenvalue weighted by atomic mass is 9.74. The van der Waals surface area contributed by atoms with Crippen LogP contribution < -0.4 is 0 Å². The van der Waals surface area contributed by atoms with E-state index in [0.717, 1.165) is 50.2 Å². The summed E-state index contributed by atoms with van der Waals surface area (Å²) in [4.78, 5) is 3.47. The molecule has 26 heavy (non-hydrogen) atoms. The molecule has 3 aliphatic heterocycles. The number of hydrogen-bond donors (Lipinski definition) is 1. The van der Waals surface area contributed by atoms with Gasteiger partial charge in [-0.05, 0) is 50.2 Å². The molecule has 0 spiro atoms. The standard InChI is InChI=1S/C22H31NO2S/c1-25-21(17-23-14-10-18(21)11-15-23)12-13-22(24,20-9-6-16-26-20)19-7-4-2-3-5-8-19/h6,9,16,18-19,24H,2-5,7-8,10-11,14-15,17H2,1H3/t21-,22?/m1/s1. The van der Waals surface area contributed by atoms with E-state index in [1.807, 2.05) is 6.07 Å². The van der Waals surface area contributed by atoms with Crippen LogP contribution in [0.2, 0.25) is 0 Å². The van der Waals surface area contributed by atoms with E-state index >= 15 is 0 Å². The molecule has 3 nitrogen and oxygen atoms in total. The van der Waals surface area contributed by atoms with Crippen molar-refractivity contribution in [3.63, 3.8) is 0 Å². The molecule has 4 heterocycles. The van der Waals surface area contributed by atoms with E-state index in [4.69, 9.17) is 4.74 Å². The van der Waals surface area contributed by atoms with Gasteiger partial charge < -0.3 is 9.84 Å².